The first-order valence-electron chi connectivity index (χ1n) is 5.71. The number of hydrogen-bond acceptors (Lipinski definition) is 5. The Balaban J connectivity index is 2.89. The van der Waals surface area contributed by atoms with Crippen LogP contribution in [0.15, 0.2) is 42.1 Å². The van der Waals surface area contributed by atoms with Gasteiger partial charge >= 0.3 is 11.9 Å². The second-order valence-electron chi connectivity index (χ2n) is 3.89. The lowest BCUT2D eigenvalue weighted by Gasteiger charge is -2.20. The van der Waals surface area contributed by atoms with Crippen molar-refractivity contribution in [2.45, 2.75) is 6.54 Å². The van der Waals surface area contributed by atoms with Crippen LogP contribution in [0.3, 0.4) is 0 Å². The SMILES string of the molecule is COC(=O)/C=C(\C(=O)OC)N(C)Cc1ccccc1. The first-order chi connectivity index (χ1) is 9.08. The zero-order valence-corrected chi connectivity index (χ0v) is 11.3. The lowest BCUT2D eigenvalue weighted by atomic mass is 10.2. The van der Waals surface area contributed by atoms with Crippen molar-refractivity contribution < 1.29 is 19.1 Å². The van der Waals surface area contributed by atoms with Gasteiger partial charge in [-0.15, -0.1) is 0 Å². The third-order valence-corrected chi connectivity index (χ3v) is 2.52. The van der Waals surface area contributed by atoms with Crippen LogP contribution in [0.2, 0.25) is 0 Å². The zero-order valence-electron chi connectivity index (χ0n) is 11.3. The summed E-state index contributed by atoms with van der Waals surface area (Å²) in [7, 11) is 4.23. The largest absolute Gasteiger partial charge is 0.466 e. The Morgan fingerprint density at radius 2 is 1.79 bits per heavy atom. The van der Waals surface area contributed by atoms with Gasteiger partial charge < -0.3 is 14.4 Å². The topological polar surface area (TPSA) is 55.8 Å². The van der Waals surface area contributed by atoms with Crippen LogP contribution in [-0.2, 0) is 25.6 Å². The van der Waals surface area contributed by atoms with Crippen molar-refractivity contribution in [1.82, 2.24) is 4.90 Å². The number of benzene rings is 1. The molecular formula is C14H17NO4. The second-order valence-corrected chi connectivity index (χ2v) is 3.89. The molecule has 0 aliphatic heterocycles. The molecule has 0 atom stereocenters. The molecule has 0 amide bonds. The Kier molecular flexibility index (Phi) is 5.60. The normalized spacial score (nSPS) is 10.8. The molecule has 0 aliphatic rings. The lowest BCUT2D eigenvalue weighted by molar-refractivity contribution is -0.140. The smallest absolute Gasteiger partial charge is 0.354 e. The molecule has 5 nitrogen and oxygen atoms in total. The molecule has 0 fully saturated rings. The molecular weight excluding hydrogens is 246 g/mol. The predicted molar refractivity (Wildman–Crippen MR) is 70.0 cm³/mol. The summed E-state index contributed by atoms with van der Waals surface area (Å²) >= 11 is 0. The summed E-state index contributed by atoms with van der Waals surface area (Å²) in [5, 5.41) is 0. The van der Waals surface area contributed by atoms with Crippen LogP contribution in [0.5, 0.6) is 0 Å². The average molecular weight is 263 g/mol. The highest BCUT2D eigenvalue weighted by molar-refractivity contribution is 5.95. The van der Waals surface area contributed by atoms with E-state index in [4.69, 9.17) is 0 Å². The van der Waals surface area contributed by atoms with E-state index in [-0.39, 0.29) is 5.70 Å². The maximum atomic E-state index is 11.7. The van der Waals surface area contributed by atoms with Gasteiger partial charge in [-0.2, -0.15) is 0 Å². The predicted octanol–water partition coefficient (Wildman–Crippen LogP) is 1.35. The monoisotopic (exact) mass is 263 g/mol. The number of hydrogen-bond donors (Lipinski definition) is 0. The lowest BCUT2D eigenvalue weighted by Crippen LogP contribution is -2.25. The molecule has 5 heteroatoms. The van der Waals surface area contributed by atoms with Crippen LogP contribution >= 0.6 is 0 Å². The molecule has 0 N–H and O–H groups in total. The van der Waals surface area contributed by atoms with Gasteiger partial charge in [-0.1, -0.05) is 30.3 Å². The summed E-state index contributed by atoms with van der Waals surface area (Å²) in [4.78, 5) is 24.6. The van der Waals surface area contributed by atoms with Crippen molar-refractivity contribution in [3.8, 4) is 0 Å². The molecule has 0 bridgehead atoms. The molecule has 1 aromatic carbocycles. The van der Waals surface area contributed by atoms with E-state index in [1.54, 1.807) is 11.9 Å². The summed E-state index contributed by atoms with van der Waals surface area (Å²) in [5.41, 5.74) is 1.17. The van der Waals surface area contributed by atoms with E-state index >= 15 is 0 Å². The fraction of sp³-hybridized carbons (Fsp3) is 0.286. The Morgan fingerprint density at radius 3 is 2.32 bits per heavy atom. The first kappa shape index (κ1) is 14.8. The Hall–Kier alpha value is -2.30. The highest BCUT2D eigenvalue weighted by Crippen LogP contribution is 2.10. The van der Waals surface area contributed by atoms with E-state index in [9.17, 15) is 9.59 Å². The highest BCUT2D eigenvalue weighted by Gasteiger charge is 2.17. The van der Waals surface area contributed by atoms with E-state index in [1.807, 2.05) is 30.3 Å². The number of nitrogens with zero attached hydrogens (tertiary/aromatic N) is 1. The van der Waals surface area contributed by atoms with Crippen molar-refractivity contribution in [2.75, 3.05) is 21.3 Å². The van der Waals surface area contributed by atoms with E-state index in [0.717, 1.165) is 11.6 Å². The maximum absolute atomic E-state index is 11.7. The van der Waals surface area contributed by atoms with E-state index in [2.05, 4.69) is 9.47 Å². The van der Waals surface area contributed by atoms with Gasteiger partial charge in [0.25, 0.3) is 0 Å². The van der Waals surface area contributed by atoms with Crippen LogP contribution in [0.25, 0.3) is 0 Å². The van der Waals surface area contributed by atoms with Crippen molar-refractivity contribution in [2.24, 2.45) is 0 Å². The van der Waals surface area contributed by atoms with Crippen LogP contribution in [0.1, 0.15) is 5.56 Å². The standard InChI is InChI=1S/C14H17NO4/c1-15(10-11-7-5-4-6-8-11)12(14(17)19-3)9-13(16)18-2/h4-9H,10H2,1-3H3/b12-9+. The molecule has 0 saturated carbocycles. The van der Waals surface area contributed by atoms with Gasteiger partial charge in [0.05, 0.1) is 20.3 Å². The minimum Gasteiger partial charge on any atom is -0.466 e. The molecule has 1 aromatic rings. The molecule has 0 heterocycles. The van der Waals surface area contributed by atoms with E-state index < -0.39 is 11.9 Å². The summed E-state index contributed by atoms with van der Waals surface area (Å²) < 4.78 is 9.19. The number of esters is 2. The molecule has 0 spiro atoms. The third kappa shape index (κ3) is 4.46. The fourth-order valence-corrected chi connectivity index (χ4v) is 1.54. The Bertz CT molecular complexity index is 468. The van der Waals surface area contributed by atoms with Gasteiger partial charge in [0.1, 0.15) is 5.70 Å². The summed E-state index contributed by atoms with van der Waals surface area (Å²) in [6, 6.07) is 9.60. The van der Waals surface area contributed by atoms with Gasteiger partial charge in [-0.05, 0) is 5.56 Å². The Labute approximate surface area is 112 Å². The van der Waals surface area contributed by atoms with Crippen molar-refractivity contribution in [3.63, 3.8) is 0 Å². The Morgan fingerprint density at radius 1 is 1.16 bits per heavy atom. The molecule has 1 rings (SSSR count). The van der Waals surface area contributed by atoms with Crippen molar-refractivity contribution in [3.05, 3.63) is 47.7 Å². The first-order valence-corrected chi connectivity index (χ1v) is 5.71. The van der Waals surface area contributed by atoms with Crippen molar-refractivity contribution >= 4 is 11.9 Å². The molecule has 0 saturated heterocycles. The van der Waals surface area contributed by atoms with Crippen LogP contribution in [0, 0.1) is 0 Å². The number of carbonyl (C=O) groups excluding carboxylic acids is 2. The van der Waals surface area contributed by atoms with Gasteiger partial charge in [0.15, 0.2) is 0 Å². The van der Waals surface area contributed by atoms with Gasteiger partial charge in [-0.3, -0.25) is 0 Å². The number of carbonyl (C=O) groups is 2. The van der Waals surface area contributed by atoms with Crippen LogP contribution in [-0.4, -0.2) is 38.1 Å². The number of ether oxygens (including phenoxy) is 2. The minimum atomic E-state index is -0.597. The number of likely N-dealkylation sites (N-methyl/N-ethyl adjacent to an activating group) is 1. The summed E-state index contributed by atoms with van der Waals surface area (Å²) in [6.07, 6.45) is 1.12. The van der Waals surface area contributed by atoms with Crippen LogP contribution in [0.4, 0.5) is 0 Å². The summed E-state index contributed by atoms with van der Waals surface area (Å²) in [6.45, 7) is 0.485. The highest BCUT2D eigenvalue weighted by atomic mass is 16.5. The molecule has 0 aliphatic carbocycles. The summed E-state index contributed by atoms with van der Waals surface area (Å²) in [5.74, 6) is -1.18. The number of methoxy groups -OCH3 is 2. The van der Waals surface area contributed by atoms with E-state index in [1.165, 1.54) is 14.2 Å². The third-order valence-electron chi connectivity index (χ3n) is 2.52. The van der Waals surface area contributed by atoms with E-state index in [0.29, 0.717) is 6.54 Å². The molecule has 0 aromatic heterocycles. The van der Waals surface area contributed by atoms with Gasteiger partial charge in [0, 0.05) is 13.6 Å². The van der Waals surface area contributed by atoms with Gasteiger partial charge in [-0.25, -0.2) is 9.59 Å². The molecule has 0 unspecified atom stereocenters. The van der Waals surface area contributed by atoms with Crippen molar-refractivity contribution in [1.29, 1.82) is 0 Å². The number of rotatable bonds is 5. The fourth-order valence-electron chi connectivity index (χ4n) is 1.54. The molecule has 19 heavy (non-hydrogen) atoms. The zero-order chi connectivity index (χ0) is 14.3. The molecule has 0 radical (unpaired) electrons. The minimum absolute atomic E-state index is 0.151. The van der Waals surface area contributed by atoms with Crippen LogP contribution < -0.4 is 0 Å². The average Bonchev–Trinajstić information content (AvgIpc) is 2.44. The maximum Gasteiger partial charge on any atom is 0.354 e. The quantitative estimate of drug-likeness (QED) is 0.593. The van der Waals surface area contributed by atoms with Gasteiger partial charge in [0.2, 0.25) is 0 Å². The molecule has 102 valence electrons. The second kappa shape index (κ2) is 7.20.